The molecule has 0 bridgehead atoms. The summed E-state index contributed by atoms with van der Waals surface area (Å²) in [7, 11) is 0. The summed E-state index contributed by atoms with van der Waals surface area (Å²) < 4.78 is 0. The van der Waals surface area contributed by atoms with Crippen LogP contribution in [0.2, 0.25) is 0 Å². The number of aromatic nitrogens is 1. The van der Waals surface area contributed by atoms with Crippen LogP contribution in [0.25, 0.3) is 10.2 Å². The largest absolute Gasteiger partial charge is 0.397 e. The van der Waals surface area contributed by atoms with E-state index in [1.165, 1.54) is 11.3 Å². The van der Waals surface area contributed by atoms with Crippen molar-refractivity contribution in [3.8, 4) is 0 Å². The third kappa shape index (κ3) is 5.95. The number of nitrogens with two attached hydrogens (primary N) is 2. The molecule has 2 amide bonds. The van der Waals surface area contributed by atoms with E-state index in [2.05, 4.69) is 28.5 Å². The summed E-state index contributed by atoms with van der Waals surface area (Å²) in [6.07, 6.45) is 2.41. The number of hydrogen-bond acceptors (Lipinski definition) is 8. The van der Waals surface area contributed by atoms with Crippen molar-refractivity contribution in [3.63, 3.8) is 0 Å². The number of anilines is 2. The lowest BCUT2D eigenvalue weighted by molar-refractivity contribution is -0.129. The van der Waals surface area contributed by atoms with Crippen LogP contribution in [-0.4, -0.2) is 53.7 Å². The molecular formula is C26H34N6O3S. The molecule has 0 spiro atoms. The highest BCUT2D eigenvalue weighted by molar-refractivity contribution is 7.21. The third-order valence-corrected chi connectivity index (χ3v) is 7.66. The lowest BCUT2D eigenvalue weighted by Crippen LogP contribution is -2.47. The van der Waals surface area contributed by atoms with Crippen molar-refractivity contribution in [2.75, 3.05) is 30.3 Å². The Morgan fingerprint density at radius 2 is 1.97 bits per heavy atom. The van der Waals surface area contributed by atoms with Crippen LogP contribution in [0, 0.1) is 0 Å². The summed E-state index contributed by atoms with van der Waals surface area (Å²) in [6, 6.07) is 11.9. The number of nitrogen functional groups attached to an aromatic ring is 1. The van der Waals surface area contributed by atoms with Crippen LogP contribution >= 0.6 is 11.3 Å². The minimum atomic E-state index is -1.10. The summed E-state index contributed by atoms with van der Waals surface area (Å²) in [5.41, 5.74) is 14.3. The number of thiophene rings is 1. The molecule has 1 saturated heterocycles. The van der Waals surface area contributed by atoms with Crippen LogP contribution in [-0.2, 0) is 17.8 Å². The van der Waals surface area contributed by atoms with E-state index >= 15 is 0 Å². The van der Waals surface area contributed by atoms with Crippen molar-refractivity contribution in [1.29, 1.82) is 0 Å². The molecule has 4 rings (SSSR count). The zero-order chi connectivity index (χ0) is 25.7. The van der Waals surface area contributed by atoms with Crippen molar-refractivity contribution in [2.45, 2.75) is 51.3 Å². The van der Waals surface area contributed by atoms with Crippen molar-refractivity contribution >= 4 is 44.9 Å². The van der Waals surface area contributed by atoms with Gasteiger partial charge in [-0.1, -0.05) is 43.7 Å². The van der Waals surface area contributed by atoms with Crippen LogP contribution in [0.5, 0.6) is 0 Å². The second-order valence-electron chi connectivity index (χ2n) is 9.17. The van der Waals surface area contributed by atoms with Gasteiger partial charge in [-0.15, -0.1) is 11.3 Å². The van der Waals surface area contributed by atoms with Gasteiger partial charge in [-0.25, -0.2) is 4.98 Å². The van der Waals surface area contributed by atoms with Gasteiger partial charge in [0, 0.05) is 37.6 Å². The Labute approximate surface area is 214 Å². The SMILES string of the molecule is CCCc1cc(N2CCC(NCC(O)C(=O)NCc3ccccc3)CC2)nc2sc(C(N)=O)c(N)c12. The first-order chi connectivity index (χ1) is 17.4. The predicted octanol–water partition coefficient (Wildman–Crippen LogP) is 2.17. The minimum absolute atomic E-state index is 0.204. The number of fused-ring (bicyclic) bond motifs is 1. The number of rotatable bonds is 10. The predicted molar refractivity (Wildman–Crippen MR) is 144 cm³/mol. The summed E-state index contributed by atoms with van der Waals surface area (Å²) in [5.74, 6) is -0.0281. The van der Waals surface area contributed by atoms with Gasteiger partial charge in [0.2, 0.25) is 5.91 Å². The van der Waals surface area contributed by atoms with Gasteiger partial charge >= 0.3 is 0 Å². The molecule has 9 nitrogen and oxygen atoms in total. The minimum Gasteiger partial charge on any atom is -0.397 e. The van der Waals surface area contributed by atoms with Gasteiger partial charge in [0.1, 0.15) is 21.6 Å². The number of carbonyl (C=O) groups excluding carboxylic acids is 2. The molecule has 1 unspecified atom stereocenters. The fourth-order valence-electron chi connectivity index (χ4n) is 4.58. The molecule has 36 heavy (non-hydrogen) atoms. The number of aryl methyl sites for hydroxylation is 1. The fraction of sp³-hybridized carbons (Fsp3) is 0.423. The molecule has 0 aliphatic carbocycles. The van der Waals surface area contributed by atoms with Crippen LogP contribution in [0.15, 0.2) is 36.4 Å². The molecule has 192 valence electrons. The zero-order valence-corrected chi connectivity index (χ0v) is 21.3. The van der Waals surface area contributed by atoms with Gasteiger partial charge in [-0.05, 0) is 36.5 Å². The standard InChI is InChI=1S/C26H34N6O3S/c1-2-6-17-13-20(31-26-21(17)22(27)23(36-26)24(28)34)32-11-9-18(10-12-32)29-15-19(33)25(35)30-14-16-7-4-3-5-8-16/h3-5,7-8,13,18-19,29,33H,2,6,9-12,14-15,27H2,1H3,(H2,28,34)(H,30,35). The van der Waals surface area contributed by atoms with E-state index in [4.69, 9.17) is 16.5 Å². The highest BCUT2D eigenvalue weighted by Gasteiger charge is 2.24. The smallest absolute Gasteiger partial charge is 0.260 e. The highest BCUT2D eigenvalue weighted by atomic mass is 32.1. The summed E-state index contributed by atoms with van der Waals surface area (Å²) in [4.78, 5) is 32.2. The topological polar surface area (TPSA) is 147 Å². The number of piperidine rings is 1. The average Bonchev–Trinajstić information content (AvgIpc) is 3.23. The maximum atomic E-state index is 12.2. The number of aliphatic hydroxyl groups excluding tert-OH is 1. The average molecular weight is 511 g/mol. The number of primary amides is 1. The van der Waals surface area contributed by atoms with Crippen LogP contribution in [0.4, 0.5) is 11.5 Å². The first-order valence-electron chi connectivity index (χ1n) is 12.4. The normalized spacial score (nSPS) is 15.2. The lowest BCUT2D eigenvalue weighted by atomic mass is 10.0. The number of amides is 2. The highest BCUT2D eigenvalue weighted by Crippen LogP contribution is 2.37. The molecule has 1 aromatic carbocycles. The van der Waals surface area contributed by atoms with Gasteiger partial charge in [0.25, 0.3) is 5.91 Å². The third-order valence-electron chi connectivity index (χ3n) is 6.54. The van der Waals surface area contributed by atoms with E-state index in [-0.39, 0.29) is 18.5 Å². The van der Waals surface area contributed by atoms with Crippen molar-refractivity contribution in [1.82, 2.24) is 15.6 Å². The van der Waals surface area contributed by atoms with Gasteiger partial charge in [0.05, 0.1) is 5.69 Å². The second kappa shape index (κ2) is 11.7. The molecule has 0 radical (unpaired) electrons. The van der Waals surface area contributed by atoms with E-state index in [0.29, 0.717) is 17.1 Å². The maximum absolute atomic E-state index is 12.2. The molecule has 3 aromatic rings. The Kier molecular flexibility index (Phi) is 8.40. The van der Waals surface area contributed by atoms with Crippen molar-refractivity contribution < 1.29 is 14.7 Å². The van der Waals surface area contributed by atoms with E-state index in [0.717, 1.165) is 65.9 Å². The Balaban J connectivity index is 1.32. The maximum Gasteiger partial charge on any atom is 0.260 e. The van der Waals surface area contributed by atoms with E-state index in [9.17, 15) is 14.7 Å². The number of hydrogen-bond donors (Lipinski definition) is 5. The van der Waals surface area contributed by atoms with E-state index in [1.807, 2.05) is 30.3 Å². The van der Waals surface area contributed by atoms with Crippen molar-refractivity contribution in [2.24, 2.45) is 5.73 Å². The van der Waals surface area contributed by atoms with Crippen LogP contribution < -0.4 is 27.0 Å². The van der Waals surface area contributed by atoms with Gasteiger partial charge < -0.3 is 32.1 Å². The van der Waals surface area contributed by atoms with E-state index < -0.39 is 12.0 Å². The zero-order valence-electron chi connectivity index (χ0n) is 20.5. The molecule has 3 heterocycles. The number of nitrogens with zero attached hydrogens (tertiary/aromatic N) is 2. The molecule has 1 fully saturated rings. The van der Waals surface area contributed by atoms with Crippen LogP contribution in [0.1, 0.15) is 47.0 Å². The first kappa shape index (κ1) is 25.9. The van der Waals surface area contributed by atoms with Gasteiger partial charge in [-0.2, -0.15) is 0 Å². The molecule has 1 atom stereocenters. The summed E-state index contributed by atoms with van der Waals surface area (Å²) in [6.45, 7) is 4.30. The molecular weight excluding hydrogens is 476 g/mol. The molecule has 2 aromatic heterocycles. The second-order valence-corrected chi connectivity index (χ2v) is 10.2. The lowest BCUT2D eigenvalue weighted by Gasteiger charge is -2.34. The van der Waals surface area contributed by atoms with Gasteiger partial charge in [-0.3, -0.25) is 9.59 Å². The van der Waals surface area contributed by atoms with Crippen LogP contribution in [0.3, 0.4) is 0 Å². The number of aliphatic hydroxyl groups is 1. The molecule has 0 saturated carbocycles. The Hall–Kier alpha value is -3.21. The molecule has 10 heteroatoms. The Bertz CT molecular complexity index is 1210. The number of carbonyl (C=O) groups is 2. The molecule has 1 aliphatic rings. The Morgan fingerprint density at radius 1 is 1.25 bits per heavy atom. The van der Waals surface area contributed by atoms with E-state index in [1.54, 1.807) is 0 Å². The van der Waals surface area contributed by atoms with Crippen molar-refractivity contribution in [3.05, 3.63) is 52.4 Å². The quantitative estimate of drug-likeness (QED) is 0.281. The van der Waals surface area contributed by atoms with Gasteiger partial charge in [0.15, 0.2) is 0 Å². The Morgan fingerprint density at radius 3 is 2.64 bits per heavy atom. The molecule has 1 aliphatic heterocycles. The first-order valence-corrected chi connectivity index (χ1v) is 13.2. The molecule has 7 N–H and O–H groups in total. The monoisotopic (exact) mass is 510 g/mol. The summed E-state index contributed by atoms with van der Waals surface area (Å²) in [5, 5.41) is 17.2. The fourth-order valence-corrected chi connectivity index (χ4v) is 5.57. The number of nitrogens with one attached hydrogen (secondary N) is 2. The number of pyridine rings is 1. The number of benzene rings is 1. The summed E-state index contributed by atoms with van der Waals surface area (Å²) >= 11 is 1.25.